The zero-order valence-corrected chi connectivity index (χ0v) is 12.7. The average molecular weight is 287 g/mol. The first-order chi connectivity index (χ1) is 10.2. The maximum atomic E-state index is 12.2. The zero-order valence-electron chi connectivity index (χ0n) is 12.7. The lowest BCUT2D eigenvalue weighted by Crippen LogP contribution is -2.45. The lowest BCUT2D eigenvalue weighted by molar-refractivity contribution is -0.125. The molecule has 4 nitrogen and oxygen atoms in total. The van der Waals surface area contributed by atoms with Crippen molar-refractivity contribution in [1.29, 1.82) is 0 Å². The lowest BCUT2D eigenvalue weighted by Gasteiger charge is -2.23. The Hall–Kier alpha value is -1.39. The number of nitrogens with zero attached hydrogens (tertiary/aromatic N) is 1. The summed E-state index contributed by atoms with van der Waals surface area (Å²) < 4.78 is 0. The van der Waals surface area contributed by atoms with Crippen LogP contribution in [0.5, 0.6) is 0 Å². The Bertz CT molecular complexity index is 486. The van der Waals surface area contributed by atoms with Gasteiger partial charge in [-0.1, -0.05) is 30.3 Å². The molecule has 1 aromatic carbocycles. The molecule has 1 saturated carbocycles. The van der Waals surface area contributed by atoms with Crippen LogP contribution >= 0.6 is 0 Å². The summed E-state index contributed by atoms with van der Waals surface area (Å²) in [6, 6.07) is 10.9. The highest BCUT2D eigenvalue weighted by atomic mass is 16.2. The van der Waals surface area contributed by atoms with Crippen LogP contribution in [0.4, 0.5) is 0 Å². The number of benzene rings is 1. The van der Waals surface area contributed by atoms with E-state index in [1.54, 1.807) is 0 Å². The van der Waals surface area contributed by atoms with Crippen molar-refractivity contribution in [3.05, 3.63) is 35.9 Å². The molecule has 0 aromatic heterocycles. The van der Waals surface area contributed by atoms with E-state index in [1.165, 1.54) is 5.56 Å². The number of nitrogens with two attached hydrogens (primary N) is 1. The van der Waals surface area contributed by atoms with Gasteiger partial charge in [0.2, 0.25) is 5.91 Å². The van der Waals surface area contributed by atoms with Crippen LogP contribution in [-0.2, 0) is 4.79 Å². The van der Waals surface area contributed by atoms with Gasteiger partial charge in [0.25, 0.3) is 0 Å². The van der Waals surface area contributed by atoms with E-state index in [-0.39, 0.29) is 11.9 Å². The highest BCUT2D eigenvalue weighted by molar-refractivity contribution is 5.81. The molecule has 4 heteroatoms. The Labute approximate surface area is 126 Å². The number of nitrogens with one attached hydrogen (secondary N) is 1. The Balaban J connectivity index is 1.67. The molecule has 3 atom stereocenters. The fourth-order valence-corrected chi connectivity index (χ4v) is 3.25. The number of hydrogen-bond acceptors (Lipinski definition) is 3. The van der Waals surface area contributed by atoms with Crippen molar-refractivity contribution in [3.8, 4) is 0 Å². The molecule has 21 heavy (non-hydrogen) atoms. The largest absolute Gasteiger partial charge is 0.352 e. The molecule has 0 radical (unpaired) electrons. The van der Waals surface area contributed by atoms with E-state index < -0.39 is 0 Å². The summed E-state index contributed by atoms with van der Waals surface area (Å²) in [6.07, 6.45) is 2.27. The second kappa shape index (κ2) is 6.16. The molecule has 1 saturated heterocycles. The molecule has 1 aromatic rings. The number of rotatable bonds is 5. The molecular weight excluding hydrogens is 262 g/mol. The van der Waals surface area contributed by atoms with Gasteiger partial charge in [-0.05, 0) is 37.8 Å². The first-order valence-corrected chi connectivity index (χ1v) is 7.98. The van der Waals surface area contributed by atoms with Gasteiger partial charge in [0.15, 0.2) is 0 Å². The smallest absolute Gasteiger partial charge is 0.237 e. The zero-order chi connectivity index (χ0) is 14.8. The van der Waals surface area contributed by atoms with Crippen LogP contribution in [0.2, 0.25) is 0 Å². The molecule has 2 aliphatic rings. The van der Waals surface area contributed by atoms with Crippen molar-refractivity contribution in [3.63, 3.8) is 0 Å². The summed E-state index contributed by atoms with van der Waals surface area (Å²) in [5, 5.41) is 3.11. The molecule has 1 aliphatic heterocycles. The van der Waals surface area contributed by atoms with E-state index in [2.05, 4.69) is 34.5 Å². The summed E-state index contributed by atoms with van der Waals surface area (Å²) in [7, 11) is 0. The average Bonchev–Trinajstić information content (AvgIpc) is 3.22. The molecule has 114 valence electrons. The van der Waals surface area contributed by atoms with Crippen LogP contribution in [0.1, 0.15) is 31.2 Å². The second-order valence-corrected chi connectivity index (χ2v) is 6.43. The predicted molar refractivity (Wildman–Crippen MR) is 83.9 cm³/mol. The first kappa shape index (κ1) is 14.5. The maximum absolute atomic E-state index is 12.2. The van der Waals surface area contributed by atoms with Gasteiger partial charge in [0.1, 0.15) is 0 Å². The summed E-state index contributed by atoms with van der Waals surface area (Å²) in [6.45, 7) is 4.52. The van der Waals surface area contributed by atoms with E-state index >= 15 is 0 Å². The minimum Gasteiger partial charge on any atom is -0.352 e. The number of carbonyl (C=O) groups is 1. The fourth-order valence-electron chi connectivity index (χ4n) is 3.25. The molecule has 1 heterocycles. The molecule has 0 bridgehead atoms. The molecule has 1 aliphatic carbocycles. The Kier molecular flexibility index (Phi) is 4.27. The van der Waals surface area contributed by atoms with Gasteiger partial charge in [-0.2, -0.15) is 0 Å². The van der Waals surface area contributed by atoms with Gasteiger partial charge in [-0.25, -0.2) is 0 Å². The second-order valence-electron chi connectivity index (χ2n) is 6.43. The van der Waals surface area contributed by atoms with Gasteiger partial charge in [0, 0.05) is 25.0 Å². The monoisotopic (exact) mass is 287 g/mol. The molecule has 3 rings (SSSR count). The molecule has 1 unspecified atom stereocenters. The number of carbonyl (C=O) groups excluding carboxylic acids is 1. The molecule has 0 spiro atoms. The maximum Gasteiger partial charge on any atom is 0.237 e. The normalized spacial score (nSPS) is 27.5. The van der Waals surface area contributed by atoms with Crippen molar-refractivity contribution in [2.45, 2.75) is 37.8 Å². The van der Waals surface area contributed by atoms with Gasteiger partial charge >= 0.3 is 0 Å². The lowest BCUT2D eigenvalue weighted by atomic mass is 9.89. The van der Waals surface area contributed by atoms with Gasteiger partial charge in [-0.15, -0.1) is 0 Å². The van der Waals surface area contributed by atoms with Gasteiger partial charge < -0.3 is 11.1 Å². The Morgan fingerprint density at radius 1 is 1.33 bits per heavy atom. The standard InChI is InChI=1S/C17H25N3O/c1-12(17(21)19-15-7-8-15)20-10-14(9-18)16(11-20)13-5-3-2-4-6-13/h2-6,12,14-16H,7-11,18H2,1H3,(H,19,21)/t12?,14-,16+/m1/s1. The number of amides is 1. The SMILES string of the molecule is CC(C(=O)NC1CC1)N1C[C@@H](CN)[C@H](c2ccccc2)C1. The highest BCUT2D eigenvalue weighted by Crippen LogP contribution is 2.33. The van der Waals surface area contributed by atoms with Crippen LogP contribution in [0.3, 0.4) is 0 Å². The number of hydrogen-bond donors (Lipinski definition) is 2. The van der Waals surface area contributed by atoms with E-state index in [0.29, 0.717) is 24.4 Å². The minimum absolute atomic E-state index is 0.0617. The van der Waals surface area contributed by atoms with Crippen LogP contribution in [-0.4, -0.2) is 42.5 Å². The van der Waals surface area contributed by atoms with E-state index in [0.717, 1.165) is 25.9 Å². The van der Waals surface area contributed by atoms with Crippen molar-refractivity contribution in [1.82, 2.24) is 10.2 Å². The van der Waals surface area contributed by atoms with Crippen LogP contribution < -0.4 is 11.1 Å². The van der Waals surface area contributed by atoms with Crippen molar-refractivity contribution < 1.29 is 4.79 Å². The Morgan fingerprint density at radius 2 is 2.05 bits per heavy atom. The highest BCUT2D eigenvalue weighted by Gasteiger charge is 2.37. The van der Waals surface area contributed by atoms with Crippen molar-refractivity contribution in [2.24, 2.45) is 11.7 Å². The quantitative estimate of drug-likeness (QED) is 0.859. The summed E-state index contributed by atoms with van der Waals surface area (Å²) >= 11 is 0. The predicted octanol–water partition coefficient (Wildman–Crippen LogP) is 1.33. The minimum atomic E-state index is -0.0617. The molecule has 3 N–H and O–H groups in total. The topological polar surface area (TPSA) is 58.4 Å². The fraction of sp³-hybridized carbons (Fsp3) is 0.588. The van der Waals surface area contributed by atoms with Crippen LogP contribution in [0.15, 0.2) is 30.3 Å². The van der Waals surface area contributed by atoms with E-state index in [1.807, 2.05) is 13.0 Å². The van der Waals surface area contributed by atoms with Crippen LogP contribution in [0.25, 0.3) is 0 Å². The summed E-state index contributed by atoms with van der Waals surface area (Å²) in [5.41, 5.74) is 7.30. The third-order valence-corrected chi connectivity index (χ3v) is 4.85. The van der Waals surface area contributed by atoms with Crippen molar-refractivity contribution >= 4 is 5.91 Å². The molecular formula is C17H25N3O. The molecule has 2 fully saturated rings. The number of likely N-dealkylation sites (tertiary alicyclic amines) is 1. The van der Waals surface area contributed by atoms with E-state index in [4.69, 9.17) is 5.73 Å². The van der Waals surface area contributed by atoms with Gasteiger partial charge in [-0.3, -0.25) is 9.69 Å². The van der Waals surface area contributed by atoms with E-state index in [9.17, 15) is 4.79 Å². The summed E-state index contributed by atoms with van der Waals surface area (Å²) in [4.78, 5) is 14.5. The third-order valence-electron chi connectivity index (χ3n) is 4.85. The molecule has 1 amide bonds. The third kappa shape index (κ3) is 3.27. The van der Waals surface area contributed by atoms with Crippen LogP contribution in [0, 0.1) is 5.92 Å². The van der Waals surface area contributed by atoms with Gasteiger partial charge in [0.05, 0.1) is 6.04 Å². The first-order valence-electron chi connectivity index (χ1n) is 7.98. The van der Waals surface area contributed by atoms with Crippen molar-refractivity contribution in [2.75, 3.05) is 19.6 Å². The summed E-state index contributed by atoms with van der Waals surface area (Å²) in [5.74, 6) is 1.04. The Morgan fingerprint density at radius 3 is 2.67 bits per heavy atom.